The predicted molar refractivity (Wildman–Crippen MR) is 30.3 cm³/mol. The van der Waals surface area contributed by atoms with Gasteiger partial charge in [0, 0.05) is 9.82 Å². The van der Waals surface area contributed by atoms with E-state index in [4.69, 9.17) is 5.73 Å². The van der Waals surface area contributed by atoms with E-state index in [2.05, 4.69) is 0 Å². The van der Waals surface area contributed by atoms with Gasteiger partial charge in [-0.1, -0.05) is 0 Å². The number of hydrogen-bond donors (Lipinski definition) is 1. The molecule has 0 spiro atoms. The molecule has 0 aromatic rings. The van der Waals surface area contributed by atoms with Gasteiger partial charge in [0.2, 0.25) is 0 Å². The lowest BCUT2D eigenvalue weighted by molar-refractivity contribution is 0.580. The van der Waals surface area contributed by atoms with Crippen LogP contribution in [-0.2, 0) is 0 Å². The van der Waals surface area contributed by atoms with E-state index in [1.807, 2.05) is 20.8 Å². The van der Waals surface area contributed by atoms with E-state index in [0.717, 1.165) is 0 Å². The van der Waals surface area contributed by atoms with Gasteiger partial charge in [0.25, 0.3) is 0 Å². The summed E-state index contributed by atoms with van der Waals surface area (Å²) in [5.41, 5.74) is 5.35. The smallest absolute Gasteiger partial charge is 0.00686 e. The summed E-state index contributed by atoms with van der Waals surface area (Å²) >= 11 is 0. The van der Waals surface area contributed by atoms with Crippen molar-refractivity contribution in [2.45, 2.75) is 26.3 Å². The third-order valence-electron chi connectivity index (χ3n) is 0. The van der Waals surface area contributed by atoms with Crippen LogP contribution in [0.25, 0.3) is 0 Å². The molecular formula is C4H17N. The molecule has 1 nitrogen and oxygen atoms in total. The lowest BCUT2D eigenvalue weighted by Crippen LogP contribution is -2.26. The molecule has 0 aliphatic carbocycles. The molecule has 5 heavy (non-hydrogen) atoms. The van der Waals surface area contributed by atoms with Crippen molar-refractivity contribution < 1.29 is 4.28 Å². The second-order valence-electron chi connectivity index (χ2n) is 2.37. The molecule has 0 radical (unpaired) electrons. The van der Waals surface area contributed by atoms with Gasteiger partial charge in [-0.25, -0.2) is 0 Å². The van der Waals surface area contributed by atoms with Crippen LogP contribution in [0, 0.1) is 0 Å². The molecule has 0 saturated heterocycles. The number of rotatable bonds is 0. The van der Waals surface area contributed by atoms with Crippen LogP contribution in [-0.4, -0.2) is 5.54 Å². The fourth-order valence-electron chi connectivity index (χ4n) is 0. The molecule has 0 rings (SSSR count). The summed E-state index contributed by atoms with van der Waals surface area (Å²) in [5, 5.41) is 0. The Hall–Kier alpha value is -0.0400. The average molecular weight is 79.2 g/mol. The largest absolute Gasteiger partial charge is 0.326 e. The zero-order valence-corrected chi connectivity index (χ0v) is 4.08. The zero-order valence-electron chi connectivity index (χ0n) is 4.08. The monoisotopic (exact) mass is 79.1 g/mol. The summed E-state index contributed by atoms with van der Waals surface area (Å²) in [6, 6.07) is 0. The Bertz CT molecular complexity index is 26.8. The third-order valence-corrected chi connectivity index (χ3v) is 0. The molecule has 2 N–H and O–H groups in total. The lowest BCUT2D eigenvalue weighted by atomic mass is 10.1. The summed E-state index contributed by atoms with van der Waals surface area (Å²) in [4.78, 5) is 0. The van der Waals surface area contributed by atoms with Crippen LogP contribution in [0.2, 0.25) is 0 Å². The summed E-state index contributed by atoms with van der Waals surface area (Å²) in [7, 11) is 0. The van der Waals surface area contributed by atoms with E-state index in [9.17, 15) is 0 Å². The van der Waals surface area contributed by atoms with Gasteiger partial charge in [0.05, 0.1) is 0 Å². The summed E-state index contributed by atoms with van der Waals surface area (Å²) in [5.74, 6) is 0. The standard InChI is InChI=1S/C4H11N.3H2/c1-4(2,3)5;;;/h5H2,1-3H3;3*1H. The Morgan fingerprint density at radius 3 is 1.40 bits per heavy atom. The maximum absolute atomic E-state index is 5.35. The van der Waals surface area contributed by atoms with E-state index in [0.29, 0.717) is 0 Å². The highest BCUT2D eigenvalue weighted by Gasteiger charge is 1.95. The van der Waals surface area contributed by atoms with Gasteiger partial charge < -0.3 is 5.73 Å². The van der Waals surface area contributed by atoms with E-state index >= 15 is 0 Å². The van der Waals surface area contributed by atoms with Crippen molar-refractivity contribution in [3.8, 4) is 0 Å². The second-order valence-corrected chi connectivity index (χ2v) is 2.37. The molecule has 38 valence electrons. The molecule has 0 amide bonds. The first-order chi connectivity index (χ1) is 2.00. The molecule has 0 bridgehead atoms. The highest BCUT2D eigenvalue weighted by atomic mass is 14.7. The molecule has 0 aromatic carbocycles. The van der Waals surface area contributed by atoms with Gasteiger partial charge in [-0.05, 0) is 20.8 Å². The van der Waals surface area contributed by atoms with Gasteiger partial charge >= 0.3 is 0 Å². The Labute approximate surface area is 37.6 Å². The average Bonchev–Trinajstić information content (AvgIpc) is 0.722. The lowest BCUT2D eigenvalue weighted by Gasteiger charge is -2.06. The summed E-state index contributed by atoms with van der Waals surface area (Å²) in [6.07, 6.45) is 0. The molecule has 0 aliphatic rings. The SMILES string of the molecule is CC(C)(C)N.[HH].[HH].[HH]. The van der Waals surface area contributed by atoms with E-state index < -0.39 is 0 Å². The fraction of sp³-hybridized carbons (Fsp3) is 1.00. The van der Waals surface area contributed by atoms with Crippen LogP contribution < -0.4 is 5.73 Å². The number of hydrogen-bond acceptors (Lipinski definition) is 1. The predicted octanol–water partition coefficient (Wildman–Crippen LogP) is 1.48. The molecule has 0 aromatic heterocycles. The minimum Gasteiger partial charge on any atom is -0.326 e. The Balaban J connectivity index is -0.0000000267. The van der Waals surface area contributed by atoms with Crippen molar-refractivity contribution in [2.24, 2.45) is 5.73 Å². The van der Waals surface area contributed by atoms with Crippen molar-refractivity contribution in [3.63, 3.8) is 0 Å². The van der Waals surface area contributed by atoms with Crippen molar-refractivity contribution in [2.75, 3.05) is 0 Å². The quantitative estimate of drug-likeness (QED) is 0.467. The number of nitrogens with two attached hydrogens (primary N) is 1. The Morgan fingerprint density at radius 2 is 1.40 bits per heavy atom. The van der Waals surface area contributed by atoms with Gasteiger partial charge in [-0.3, -0.25) is 0 Å². The highest BCUT2D eigenvalue weighted by Crippen LogP contribution is 1.88. The summed E-state index contributed by atoms with van der Waals surface area (Å²) < 4.78 is 0. The van der Waals surface area contributed by atoms with Crippen LogP contribution >= 0.6 is 0 Å². The van der Waals surface area contributed by atoms with Crippen LogP contribution in [0.15, 0.2) is 0 Å². The minimum atomic E-state index is 0. The molecular weight excluding hydrogens is 62.1 g/mol. The minimum absolute atomic E-state index is 0. The Morgan fingerprint density at radius 1 is 1.40 bits per heavy atom. The van der Waals surface area contributed by atoms with Gasteiger partial charge in [-0.2, -0.15) is 0 Å². The Kier molecular flexibility index (Phi) is 0.969. The van der Waals surface area contributed by atoms with E-state index in [1.54, 1.807) is 0 Å². The third kappa shape index (κ3) is 9510. The van der Waals surface area contributed by atoms with Crippen molar-refractivity contribution in [1.29, 1.82) is 0 Å². The summed E-state index contributed by atoms with van der Waals surface area (Å²) in [6.45, 7) is 5.90. The maximum atomic E-state index is 5.35. The van der Waals surface area contributed by atoms with Crippen LogP contribution in [0.4, 0.5) is 0 Å². The normalized spacial score (nSPS) is 12.0. The first-order valence-corrected chi connectivity index (χ1v) is 1.79. The van der Waals surface area contributed by atoms with Gasteiger partial charge in [-0.15, -0.1) is 0 Å². The maximum Gasteiger partial charge on any atom is 0.00686 e. The second kappa shape index (κ2) is 0.977. The van der Waals surface area contributed by atoms with Crippen LogP contribution in [0.3, 0.4) is 0 Å². The van der Waals surface area contributed by atoms with Crippen molar-refractivity contribution in [3.05, 3.63) is 0 Å². The first kappa shape index (κ1) is 4.96. The molecule has 0 fully saturated rings. The van der Waals surface area contributed by atoms with E-state index in [1.165, 1.54) is 0 Å². The molecule has 0 aliphatic heterocycles. The van der Waals surface area contributed by atoms with Gasteiger partial charge in [0.15, 0.2) is 0 Å². The zero-order chi connectivity index (χ0) is 4.50. The molecule has 0 atom stereocenters. The topological polar surface area (TPSA) is 26.0 Å². The first-order valence-electron chi connectivity index (χ1n) is 1.79. The van der Waals surface area contributed by atoms with Crippen LogP contribution in [0.1, 0.15) is 25.1 Å². The van der Waals surface area contributed by atoms with E-state index in [-0.39, 0.29) is 9.82 Å². The molecule has 0 saturated carbocycles. The van der Waals surface area contributed by atoms with Crippen LogP contribution in [0.5, 0.6) is 0 Å². The fourth-order valence-corrected chi connectivity index (χ4v) is 0. The highest BCUT2D eigenvalue weighted by molar-refractivity contribution is 4.60. The van der Waals surface area contributed by atoms with Crippen molar-refractivity contribution >= 4 is 0 Å². The van der Waals surface area contributed by atoms with Gasteiger partial charge in [0.1, 0.15) is 0 Å². The molecule has 1 heteroatoms. The molecule has 0 unspecified atom stereocenters. The molecule has 0 heterocycles. The van der Waals surface area contributed by atoms with Crippen molar-refractivity contribution in [1.82, 2.24) is 0 Å².